The number of benzene rings is 1. The third-order valence-electron chi connectivity index (χ3n) is 3.65. The monoisotopic (exact) mass is 462 g/mol. The Morgan fingerprint density at radius 1 is 1.44 bits per heavy atom. The van der Waals surface area contributed by atoms with E-state index in [4.69, 9.17) is 14.0 Å². The lowest BCUT2D eigenvalue weighted by Crippen LogP contribution is -2.38. The molecule has 0 bridgehead atoms. The fourth-order valence-corrected chi connectivity index (χ4v) is 2.58. The summed E-state index contributed by atoms with van der Waals surface area (Å²) in [4.78, 5) is 6.13. The van der Waals surface area contributed by atoms with E-state index in [9.17, 15) is 4.39 Å². The molecule has 0 aliphatic carbocycles. The zero-order chi connectivity index (χ0) is 16.9. The van der Waals surface area contributed by atoms with Crippen LogP contribution in [0.4, 0.5) is 4.39 Å². The van der Waals surface area contributed by atoms with Crippen LogP contribution in [0.5, 0.6) is 5.75 Å². The molecule has 2 aromatic rings. The number of ether oxygens (including phenoxy) is 2. The van der Waals surface area contributed by atoms with Gasteiger partial charge in [0.1, 0.15) is 23.5 Å². The molecule has 3 rings (SSSR count). The molecule has 9 heteroatoms. The van der Waals surface area contributed by atoms with Crippen LogP contribution >= 0.6 is 24.0 Å². The summed E-state index contributed by atoms with van der Waals surface area (Å²) in [6, 6.07) is 4.69. The Balaban J connectivity index is 0.00000225. The largest absolute Gasteiger partial charge is 0.467 e. The van der Waals surface area contributed by atoms with Crippen molar-refractivity contribution >= 4 is 29.9 Å². The molecule has 2 heterocycles. The molecule has 0 amide bonds. The predicted molar refractivity (Wildman–Crippen MR) is 100 cm³/mol. The summed E-state index contributed by atoms with van der Waals surface area (Å²) in [6.45, 7) is 1.45. The molecule has 0 saturated heterocycles. The lowest BCUT2D eigenvalue weighted by Gasteiger charge is -2.24. The highest BCUT2D eigenvalue weighted by Crippen LogP contribution is 2.29. The van der Waals surface area contributed by atoms with Crippen LogP contribution in [0.25, 0.3) is 0 Å². The van der Waals surface area contributed by atoms with Crippen molar-refractivity contribution in [3.05, 3.63) is 47.1 Å². The number of nitrogens with one attached hydrogen (secondary N) is 1. The van der Waals surface area contributed by atoms with Gasteiger partial charge in [-0.05, 0) is 12.1 Å². The van der Waals surface area contributed by atoms with Gasteiger partial charge in [-0.3, -0.25) is 4.99 Å². The van der Waals surface area contributed by atoms with Crippen LogP contribution in [-0.2, 0) is 24.4 Å². The minimum Gasteiger partial charge on any atom is -0.467 e. The van der Waals surface area contributed by atoms with Gasteiger partial charge in [0.2, 0.25) is 0 Å². The summed E-state index contributed by atoms with van der Waals surface area (Å²) in [5.74, 6) is 1.01. The number of fused-ring (bicyclic) bond motifs is 1. The summed E-state index contributed by atoms with van der Waals surface area (Å²) in [5.41, 5.74) is 2.23. The Morgan fingerprint density at radius 3 is 3.00 bits per heavy atom. The van der Waals surface area contributed by atoms with Crippen molar-refractivity contribution in [1.29, 1.82) is 0 Å². The molecular weight excluding hydrogens is 442 g/mol. The number of hydrogen-bond acceptors (Lipinski definition) is 5. The lowest BCUT2D eigenvalue weighted by atomic mass is 10.1. The molecule has 0 fully saturated rings. The quantitative estimate of drug-likeness (QED) is 0.428. The van der Waals surface area contributed by atoms with E-state index in [0.717, 1.165) is 11.3 Å². The van der Waals surface area contributed by atoms with Gasteiger partial charge in [0.05, 0.1) is 13.2 Å². The van der Waals surface area contributed by atoms with Crippen molar-refractivity contribution in [3.63, 3.8) is 0 Å². The molecule has 1 aromatic carbocycles. The topological polar surface area (TPSA) is 72.1 Å². The van der Waals surface area contributed by atoms with E-state index in [-0.39, 0.29) is 36.6 Å². The second kappa shape index (κ2) is 8.99. The maximum absolute atomic E-state index is 13.8. The Labute approximate surface area is 162 Å². The molecule has 136 valence electrons. The molecule has 1 aliphatic rings. The van der Waals surface area contributed by atoms with Gasteiger partial charge in [0.25, 0.3) is 0 Å². The maximum Gasteiger partial charge on any atom is 0.194 e. The highest BCUT2D eigenvalue weighted by atomic mass is 127. The van der Waals surface area contributed by atoms with E-state index in [1.807, 2.05) is 11.9 Å². The normalized spacial score (nSPS) is 13.5. The van der Waals surface area contributed by atoms with E-state index in [2.05, 4.69) is 15.5 Å². The molecule has 1 aromatic heterocycles. The van der Waals surface area contributed by atoms with Crippen LogP contribution in [0, 0.1) is 5.82 Å². The Hall–Kier alpha value is -1.88. The number of aliphatic imine (C=N–C) groups is 1. The fourth-order valence-electron chi connectivity index (χ4n) is 2.58. The van der Waals surface area contributed by atoms with Gasteiger partial charge in [-0.1, -0.05) is 5.16 Å². The second-order valence-electron chi connectivity index (χ2n) is 5.41. The first-order valence-electron chi connectivity index (χ1n) is 7.50. The Bertz CT molecular complexity index is 724. The van der Waals surface area contributed by atoms with E-state index in [1.54, 1.807) is 13.1 Å². The summed E-state index contributed by atoms with van der Waals surface area (Å²) < 4.78 is 29.3. The first-order valence-corrected chi connectivity index (χ1v) is 7.50. The summed E-state index contributed by atoms with van der Waals surface area (Å²) in [5, 5.41) is 7.08. The van der Waals surface area contributed by atoms with Crippen molar-refractivity contribution in [2.24, 2.45) is 4.99 Å². The van der Waals surface area contributed by atoms with Crippen LogP contribution in [0.3, 0.4) is 0 Å². The molecule has 7 nitrogen and oxygen atoms in total. The lowest BCUT2D eigenvalue weighted by molar-refractivity contribution is -0.0173. The van der Waals surface area contributed by atoms with Gasteiger partial charge in [0.15, 0.2) is 12.8 Å². The van der Waals surface area contributed by atoms with Crippen LogP contribution < -0.4 is 10.1 Å². The van der Waals surface area contributed by atoms with Crippen LogP contribution in [0.2, 0.25) is 0 Å². The van der Waals surface area contributed by atoms with Crippen molar-refractivity contribution < 1.29 is 18.4 Å². The van der Waals surface area contributed by atoms with Gasteiger partial charge in [-0.2, -0.15) is 0 Å². The maximum atomic E-state index is 13.8. The highest BCUT2D eigenvalue weighted by Gasteiger charge is 2.17. The van der Waals surface area contributed by atoms with Crippen LogP contribution in [-0.4, -0.2) is 36.9 Å². The minimum atomic E-state index is -0.314. The molecule has 0 atom stereocenters. The van der Waals surface area contributed by atoms with E-state index in [1.165, 1.54) is 18.4 Å². The SMILES string of the molecule is CN=C(NCc1cc(F)cc2c1OCOC2)N(C)Cc1ccon1.I. The fraction of sp³-hybridized carbons (Fsp3) is 0.375. The van der Waals surface area contributed by atoms with Gasteiger partial charge in [-0.15, -0.1) is 24.0 Å². The Kier molecular flexibility index (Phi) is 7.00. The average Bonchev–Trinajstić information content (AvgIpc) is 3.08. The van der Waals surface area contributed by atoms with Crippen molar-refractivity contribution in [2.75, 3.05) is 20.9 Å². The first-order chi connectivity index (χ1) is 11.7. The van der Waals surface area contributed by atoms with Gasteiger partial charge in [-0.25, -0.2) is 4.39 Å². The van der Waals surface area contributed by atoms with E-state index >= 15 is 0 Å². The number of halogens is 2. The molecule has 0 saturated carbocycles. The standard InChI is InChI=1S/C16H19FN4O3.HI/c1-18-16(21(2)8-14-3-4-24-20-14)19-7-11-5-13(17)6-12-9-22-10-23-15(11)12;/h3-6H,7-10H2,1-2H3,(H,18,19);1H. The van der Waals surface area contributed by atoms with E-state index in [0.29, 0.717) is 37.0 Å². The first kappa shape index (κ1) is 19.4. The molecule has 0 spiro atoms. The van der Waals surface area contributed by atoms with Gasteiger partial charge >= 0.3 is 0 Å². The average molecular weight is 462 g/mol. The third kappa shape index (κ3) is 4.82. The number of rotatable bonds is 4. The third-order valence-corrected chi connectivity index (χ3v) is 3.65. The van der Waals surface area contributed by atoms with Crippen molar-refractivity contribution in [3.8, 4) is 5.75 Å². The zero-order valence-corrected chi connectivity index (χ0v) is 16.3. The highest BCUT2D eigenvalue weighted by molar-refractivity contribution is 14.0. The van der Waals surface area contributed by atoms with Crippen LogP contribution in [0.1, 0.15) is 16.8 Å². The summed E-state index contributed by atoms with van der Waals surface area (Å²) >= 11 is 0. The summed E-state index contributed by atoms with van der Waals surface area (Å²) in [6.07, 6.45) is 1.53. The molecular formula is C16H20FIN4O3. The van der Waals surface area contributed by atoms with Gasteiger partial charge < -0.3 is 24.2 Å². The number of aromatic nitrogens is 1. The smallest absolute Gasteiger partial charge is 0.194 e. The Morgan fingerprint density at radius 2 is 2.28 bits per heavy atom. The number of nitrogens with zero attached hydrogens (tertiary/aromatic N) is 3. The molecule has 0 unspecified atom stereocenters. The molecule has 1 aliphatic heterocycles. The number of guanidine groups is 1. The molecule has 1 N–H and O–H groups in total. The van der Waals surface area contributed by atoms with E-state index < -0.39 is 0 Å². The van der Waals surface area contributed by atoms with Crippen molar-refractivity contribution in [2.45, 2.75) is 19.7 Å². The second-order valence-corrected chi connectivity index (χ2v) is 5.41. The van der Waals surface area contributed by atoms with Crippen molar-refractivity contribution in [1.82, 2.24) is 15.4 Å². The minimum absolute atomic E-state index is 0. The number of hydrogen-bond donors (Lipinski definition) is 1. The van der Waals surface area contributed by atoms with Crippen LogP contribution in [0.15, 0.2) is 34.0 Å². The summed E-state index contributed by atoms with van der Waals surface area (Å²) in [7, 11) is 3.57. The molecule has 0 radical (unpaired) electrons. The predicted octanol–water partition coefficient (Wildman–Crippen LogP) is 2.51. The zero-order valence-electron chi connectivity index (χ0n) is 14.0. The molecule has 25 heavy (non-hydrogen) atoms. The van der Waals surface area contributed by atoms with Gasteiger partial charge in [0, 0.05) is 37.8 Å².